The van der Waals surface area contributed by atoms with Crippen molar-refractivity contribution in [3.05, 3.63) is 28.6 Å². The predicted molar refractivity (Wildman–Crippen MR) is 55.0 cm³/mol. The topological polar surface area (TPSA) is 60.9 Å². The van der Waals surface area contributed by atoms with Gasteiger partial charge in [0.2, 0.25) is 0 Å². The van der Waals surface area contributed by atoms with Crippen LogP contribution in [0.25, 0.3) is 11.3 Å². The molecule has 0 aromatic carbocycles. The molecule has 0 saturated heterocycles. The maximum atomic E-state index is 10.9. The van der Waals surface area contributed by atoms with Crippen LogP contribution in [0.1, 0.15) is 9.67 Å². The molecule has 0 spiro atoms. The zero-order valence-corrected chi connectivity index (χ0v) is 8.41. The SMILES string of the molecule is Cn1nccc1-c1csc(C(N)=O)c1. The van der Waals surface area contributed by atoms with E-state index in [9.17, 15) is 4.79 Å². The Hall–Kier alpha value is -1.62. The number of aromatic nitrogens is 2. The molecular formula is C9H9N3OS. The third-order valence-electron chi connectivity index (χ3n) is 1.96. The number of primary amides is 1. The number of rotatable bonds is 2. The number of nitrogens with zero attached hydrogens (tertiary/aromatic N) is 2. The van der Waals surface area contributed by atoms with Gasteiger partial charge >= 0.3 is 0 Å². The minimum Gasteiger partial charge on any atom is -0.365 e. The highest BCUT2D eigenvalue weighted by atomic mass is 32.1. The van der Waals surface area contributed by atoms with Gasteiger partial charge in [-0.1, -0.05) is 0 Å². The van der Waals surface area contributed by atoms with Crippen LogP contribution in [0.4, 0.5) is 0 Å². The van der Waals surface area contributed by atoms with Crippen LogP contribution < -0.4 is 5.73 Å². The van der Waals surface area contributed by atoms with Gasteiger partial charge in [-0.2, -0.15) is 5.10 Å². The molecule has 14 heavy (non-hydrogen) atoms. The summed E-state index contributed by atoms with van der Waals surface area (Å²) in [7, 11) is 1.86. The highest BCUT2D eigenvalue weighted by Crippen LogP contribution is 2.24. The van der Waals surface area contributed by atoms with Gasteiger partial charge in [-0.05, 0) is 12.1 Å². The Labute approximate surface area is 85.0 Å². The van der Waals surface area contributed by atoms with Gasteiger partial charge in [-0.15, -0.1) is 11.3 Å². The van der Waals surface area contributed by atoms with E-state index in [1.165, 1.54) is 11.3 Å². The minimum atomic E-state index is -0.386. The van der Waals surface area contributed by atoms with Crippen molar-refractivity contribution in [2.45, 2.75) is 0 Å². The van der Waals surface area contributed by atoms with Crippen LogP contribution in [0.15, 0.2) is 23.7 Å². The largest absolute Gasteiger partial charge is 0.365 e. The first-order chi connectivity index (χ1) is 6.68. The maximum absolute atomic E-state index is 10.9. The van der Waals surface area contributed by atoms with Crippen molar-refractivity contribution >= 4 is 17.2 Å². The van der Waals surface area contributed by atoms with Crippen molar-refractivity contribution < 1.29 is 4.79 Å². The second kappa shape index (κ2) is 3.26. The van der Waals surface area contributed by atoms with Crippen molar-refractivity contribution in [3.63, 3.8) is 0 Å². The Balaban J connectivity index is 2.43. The van der Waals surface area contributed by atoms with E-state index in [-0.39, 0.29) is 5.91 Å². The first-order valence-corrected chi connectivity index (χ1v) is 4.93. The van der Waals surface area contributed by atoms with Crippen molar-refractivity contribution in [1.82, 2.24) is 9.78 Å². The number of nitrogens with two attached hydrogens (primary N) is 1. The summed E-state index contributed by atoms with van der Waals surface area (Å²) in [5.74, 6) is -0.386. The molecule has 0 fully saturated rings. The summed E-state index contributed by atoms with van der Waals surface area (Å²) in [6.07, 6.45) is 1.72. The molecule has 0 unspecified atom stereocenters. The van der Waals surface area contributed by atoms with E-state index >= 15 is 0 Å². The standard InChI is InChI=1S/C9H9N3OS/c1-12-7(2-3-11-12)6-4-8(9(10)13)14-5-6/h2-5H,1H3,(H2,10,13). The predicted octanol–water partition coefficient (Wildman–Crippen LogP) is 1.25. The van der Waals surface area contributed by atoms with Gasteiger partial charge in [0.25, 0.3) is 5.91 Å². The summed E-state index contributed by atoms with van der Waals surface area (Å²) in [6, 6.07) is 3.68. The van der Waals surface area contributed by atoms with Crippen LogP contribution in [0, 0.1) is 0 Å². The van der Waals surface area contributed by atoms with E-state index in [2.05, 4.69) is 5.10 Å². The second-order valence-electron chi connectivity index (χ2n) is 2.90. The van der Waals surface area contributed by atoms with Crippen LogP contribution in [-0.2, 0) is 7.05 Å². The van der Waals surface area contributed by atoms with Crippen molar-refractivity contribution in [3.8, 4) is 11.3 Å². The number of aryl methyl sites for hydroxylation is 1. The number of carbonyl (C=O) groups excluding carboxylic acids is 1. The monoisotopic (exact) mass is 207 g/mol. The molecule has 0 bridgehead atoms. The molecule has 4 nitrogen and oxygen atoms in total. The van der Waals surface area contributed by atoms with E-state index in [0.29, 0.717) is 4.88 Å². The van der Waals surface area contributed by atoms with E-state index < -0.39 is 0 Å². The van der Waals surface area contributed by atoms with Crippen LogP contribution in [0.2, 0.25) is 0 Å². The first-order valence-electron chi connectivity index (χ1n) is 4.05. The Morgan fingerprint density at radius 2 is 2.43 bits per heavy atom. The summed E-state index contributed by atoms with van der Waals surface area (Å²) < 4.78 is 1.76. The molecule has 0 aliphatic rings. The molecule has 72 valence electrons. The summed E-state index contributed by atoms with van der Waals surface area (Å²) in [5, 5.41) is 5.95. The third kappa shape index (κ3) is 1.42. The molecule has 0 aliphatic heterocycles. The smallest absolute Gasteiger partial charge is 0.258 e. The highest BCUT2D eigenvalue weighted by molar-refractivity contribution is 7.12. The molecule has 2 aromatic rings. The Morgan fingerprint density at radius 1 is 1.64 bits per heavy atom. The zero-order valence-electron chi connectivity index (χ0n) is 7.60. The van der Waals surface area contributed by atoms with E-state index in [1.54, 1.807) is 16.9 Å². The number of thiophene rings is 1. The lowest BCUT2D eigenvalue weighted by Crippen LogP contribution is -2.08. The Morgan fingerprint density at radius 3 is 2.93 bits per heavy atom. The molecule has 5 heteroatoms. The first kappa shape index (κ1) is 8.96. The Bertz CT molecular complexity index is 472. The molecule has 2 rings (SSSR count). The van der Waals surface area contributed by atoms with Gasteiger partial charge < -0.3 is 5.73 Å². The van der Waals surface area contributed by atoms with Crippen LogP contribution in [-0.4, -0.2) is 15.7 Å². The number of hydrogen-bond acceptors (Lipinski definition) is 3. The quantitative estimate of drug-likeness (QED) is 0.805. The second-order valence-corrected chi connectivity index (χ2v) is 3.82. The van der Waals surface area contributed by atoms with Crippen molar-refractivity contribution in [2.75, 3.05) is 0 Å². The van der Waals surface area contributed by atoms with Gasteiger partial charge in [0.15, 0.2) is 0 Å². The van der Waals surface area contributed by atoms with Gasteiger partial charge in [-0.3, -0.25) is 9.48 Å². The minimum absolute atomic E-state index is 0.386. The highest BCUT2D eigenvalue weighted by Gasteiger charge is 2.08. The van der Waals surface area contributed by atoms with Crippen LogP contribution in [0.3, 0.4) is 0 Å². The molecule has 2 aromatic heterocycles. The molecule has 0 atom stereocenters. The molecule has 0 saturated carbocycles. The van der Waals surface area contributed by atoms with Gasteiger partial charge in [0, 0.05) is 24.2 Å². The zero-order chi connectivity index (χ0) is 10.1. The number of amides is 1. The normalized spacial score (nSPS) is 10.4. The molecule has 0 radical (unpaired) electrons. The molecular weight excluding hydrogens is 198 g/mol. The van der Waals surface area contributed by atoms with E-state index in [1.807, 2.05) is 18.5 Å². The lowest BCUT2D eigenvalue weighted by molar-refractivity contribution is 0.100. The van der Waals surface area contributed by atoms with Crippen LogP contribution >= 0.6 is 11.3 Å². The lowest BCUT2D eigenvalue weighted by atomic mass is 10.2. The van der Waals surface area contributed by atoms with E-state index in [0.717, 1.165) is 11.3 Å². The third-order valence-corrected chi connectivity index (χ3v) is 2.90. The summed E-state index contributed by atoms with van der Waals surface area (Å²) in [5.41, 5.74) is 7.12. The molecule has 0 aliphatic carbocycles. The van der Waals surface area contributed by atoms with E-state index in [4.69, 9.17) is 5.73 Å². The number of carbonyl (C=O) groups is 1. The molecule has 2 N–H and O–H groups in total. The van der Waals surface area contributed by atoms with Gasteiger partial charge in [0.1, 0.15) is 0 Å². The average Bonchev–Trinajstić information content (AvgIpc) is 2.71. The fourth-order valence-corrected chi connectivity index (χ4v) is 2.01. The van der Waals surface area contributed by atoms with Gasteiger partial charge in [0.05, 0.1) is 10.6 Å². The fourth-order valence-electron chi connectivity index (χ4n) is 1.26. The molecule has 2 heterocycles. The van der Waals surface area contributed by atoms with Crippen molar-refractivity contribution in [2.24, 2.45) is 12.8 Å². The molecule has 1 amide bonds. The van der Waals surface area contributed by atoms with Gasteiger partial charge in [-0.25, -0.2) is 0 Å². The summed E-state index contributed by atoms with van der Waals surface area (Å²) >= 11 is 1.35. The Kier molecular flexibility index (Phi) is 2.09. The average molecular weight is 207 g/mol. The number of hydrogen-bond donors (Lipinski definition) is 1. The summed E-state index contributed by atoms with van der Waals surface area (Å²) in [4.78, 5) is 11.4. The fraction of sp³-hybridized carbons (Fsp3) is 0.111. The maximum Gasteiger partial charge on any atom is 0.258 e. The van der Waals surface area contributed by atoms with Crippen molar-refractivity contribution in [1.29, 1.82) is 0 Å². The summed E-state index contributed by atoms with van der Waals surface area (Å²) in [6.45, 7) is 0. The lowest BCUT2D eigenvalue weighted by Gasteiger charge is -1.96. The van der Waals surface area contributed by atoms with Crippen LogP contribution in [0.5, 0.6) is 0 Å².